The summed E-state index contributed by atoms with van der Waals surface area (Å²) < 4.78 is 51.2. The van der Waals surface area contributed by atoms with Gasteiger partial charge in [0.1, 0.15) is 12.2 Å². The minimum Gasteiger partial charge on any atom is -0.490 e. The molecule has 4 rings (SSSR count). The number of barbiturate groups is 1. The van der Waals surface area contributed by atoms with Crippen molar-refractivity contribution in [1.82, 2.24) is 5.32 Å². The number of amides is 4. The molecule has 0 spiro atoms. The molecule has 1 fully saturated rings. The molecule has 202 valence electrons. The summed E-state index contributed by atoms with van der Waals surface area (Å²) in [7, 11) is 0. The fourth-order valence-corrected chi connectivity index (χ4v) is 3.98. The second-order valence-electron chi connectivity index (χ2n) is 8.18. The second kappa shape index (κ2) is 11.4. The average molecular weight is 579 g/mol. The smallest absolute Gasteiger partial charge is 0.416 e. The Balaban J connectivity index is 1.65. The van der Waals surface area contributed by atoms with Gasteiger partial charge in [0.25, 0.3) is 11.8 Å². The number of rotatable bonds is 7. The first kappa shape index (κ1) is 28.0. The number of alkyl halides is 3. The van der Waals surface area contributed by atoms with Gasteiger partial charge in [-0.3, -0.25) is 14.9 Å². The Labute approximate surface area is 230 Å². The lowest BCUT2D eigenvalue weighted by Crippen LogP contribution is -2.54. The van der Waals surface area contributed by atoms with Crippen molar-refractivity contribution in [2.24, 2.45) is 0 Å². The first-order chi connectivity index (χ1) is 18.5. The number of hydrogen-bond acceptors (Lipinski definition) is 5. The van der Waals surface area contributed by atoms with E-state index in [1.807, 2.05) is 5.32 Å². The maximum Gasteiger partial charge on any atom is 0.416 e. The molecule has 0 unspecified atom stereocenters. The van der Waals surface area contributed by atoms with Crippen molar-refractivity contribution >= 4 is 52.8 Å². The number of anilines is 1. The molecule has 12 heteroatoms. The zero-order chi connectivity index (χ0) is 28.3. The van der Waals surface area contributed by atoms with Crippen LogP contribution >= 0.6 is 23.2 Å². The van der Waals surface area contributed by atoms with Gasteiger partial charge in [0, 0.05) is 5.02 Å². The quantitative estimate of drug-likeness (QED) is 0.250. The number of hydrogen-bond donors (Lipinski definition) is 1. The van der Waals surface area contributed by atoms with Crippen LogP contribution in [0.25, 0.3) is 6.08 Å². The van der Waals surface area contributed by atoms with Gasteiger partial charge in [-0.15, -0.1) is 0 Å². The van der Waals surface area contributed by atoms with E-state index in [1.54, 1.807) is 43.3 Å². The molecular weight excluding hydrogens is 560 g/mol. The Morgan fingerprint density at radius 1 is 0.923 bits per heavy atom. The van der Waals surface area contributed by atoms with Crippen molar-refractivity contribution in [3.63, 3.8) is 0 Å². The highest BCUT2D eigenvalue weighted by molar-refractivity contribution is 6.42. The number of urea groups is 1. The maximum absolute atomic E-state index is 13.2. The molecule has 1 aliphatic rings. The Bertz CT molecular complexity index is 1470. The van der Waals surface area contributed by atoms with Crippen LogP contribution in [-0.2, 0) is 22.4 Å². The molecule has 1 saturated heterocycles. The van der Waals surface area contributed by atoms with E-state index in [9.17, 15) is 27.6 Å². The zero-order valence-corrected chi connectivity index (χ0v) is 21.7. The van der Waals surface area contributed by atoms with Gasteiger partial charge in [0.05, 0.1) is 22.9 Å². The van der Waals surface area contributed by atoms with Gasteiger partial charge in [-0.25, -0.2) is 9.69 Å². The van der Waals surface area contributed by atoms with Crippen LogP contribution in [0.4, 0.5) is 23.7 Å². The first-order valence-corrected chi connectivity index (χ1v) is 12.2. The van der Waals surface area contributed by atoms with E-state index in [0.717, 1.165) is 11.6 Å². The molecule has 1 aliphatic heterocycles. The maximum atomic E-state index is 13.2. The molecule has 7 nitrogen and oxygen atoms in total. The Kier molecular flexibility index (Phi) is 8.17. The minimum atomic E-state index is -4.75. The Hall–Kier alpha value is -4.02. The van der Waals surface area contributed by atoms with Crippen LogP contribution in [-0.4, -0.2) is 24.5 Å². The summed E-state index contributed by atoms with van der Waals surface area (Å²) >= 11 is 11.9. The number of imide groups is 2. The molecule has 0 saturated carbocycles. The predicted molar refractivity (Wildman–Crippen MR) is 139 cm³/mol. The summed E-state index contributed by atoms with van der Waals surface area (Å²) in [4.78, 5) is 38.6. The molecule has 0 aromatic heterocycles. The summed E-state index contributed by atoms with van der Waals surface area (Å²) in [5, 5.41) is 2.26. The third-order valence-corrected chi connectivity index (χ3v) is 6.07. The van der Waals surface area contributed by atoms with E-state index >= 15 is 0 Å². The van der Waals surface area contributed by atoms with Gasteiger partial charge >= 0.3 is 12.2 Å². The van der Waals surface area contributed by atoms with Gasteiger partial charge < -0.3 is 9.47 Å². The van der Waals surface area contributed by atoms with E-state index in [2.05, 4.69) is 0 Å². The second-order valence-corrected chi connectivity index (χ2v) is 9.02. The van der Waals surface area contributed by atoms with Gasteiger partial charge in [-0.05, 0) is 66.6 Å². The molecule has 1 heterocycles. The number of carbonyl (C=O) groups excluding carboxylic acids is 3. The van der Waals surface area contributed by atoms with Crippen LogP contribution < -0.4 is 19.7 Å². The highest BCUT2D eigenvalue weighted by Gasteiger charge is 2.39. The summed E-state index contributed by atoms with van der Waals surface area (Å²) in [5.41, 5.74) is -0.954. The summed E-state index contributed by atoms with van der Waals surface area (Å²) in [6.07, 6.45) is -3.57. The van der Waals surface area contributed by atoms with E-state index in [0.29, 0.717) is 39.1 Å². The highest BCUT2D eigenvalue weighted by Crippen LogP contribution is 2.37. The topological polar surface area (TPSA) is 84.9 Å². The van der Waals surface area contributed by atoms with Crippen molar-refractivity contribution in [2.45, 2.75) is 19.7 Å². The SMILES string of the molecule is CCOc1cc(/C=C2\C(=O)NC(=O)N(c3cc(C(F)(F)F)ccc3Cl)C2=O)ccc1OCc1ccc(Cl)cc1. The lowest BCUT2D eigenvalue weighted by atomic mass is 10.1. The molecule has 1 N–H and O–H groups in total. The molecule has 0 bridgehead atoms. The highest BCUT2D eigenvalue weighted by atomic mass is 35.5. The van der Waals surface area contributed by atoms with Gasteiger partial charge in [0.2, 0.25) is 0 Å². The lowest BCUT2D eigenvalue weighted by Gasteiger charge is -2.27. The molecular formula is C27H19Cl2F3N2O5. The lowest BCUT2D eigenvalue weighted by molar-refractivity contribution is -0.137. The summed E-state index contributed by atoms with van der Waals surface area (Å²) in [6.45, 7) is 2.26. The van der Waals surface area contributed by atoms with Crippen molar-refractivity contribution < 1.29 is 37.0 Å². The molecule has 39 heavy (non-hydrogen) atoms. The molecule has 3 aromatic rings. The number of ether oxygens (including phenoxy) is 2. The Morgan fingerprint density at radius 2 is 1.64 bits per heavy atom. The molecule has 3 aromatic carbocycles. The largest absolute Gasteiger partial charge is 0.490 e. The molecule has 0 radical (unpaired) electrons. The van der Waals surface area contributed by atoms with Crippen molar-refractivity contribution in [1.29, 1.82) is 0 Å². The van der Waals surface area contributed by atoms with Gasteiger partial charge in [-0.2, -0.15) is 13.2 Å². The normalized spacial score (nSPS) is 15.0. The van der Waals surface area contributed by atoms with E-state index < -0.39 is 40.8 Å². The number of nitrogens with one attached hydrogen (secondary N) is 1. The van der Waals surface area contributed by atoms with E-state index in [1.165, 1.54) is 12.1 Å². The minimum absolute atomic E-state index is 0.216. The van der Waals surface area contributed by atoms with Crippen LogP contribution in [0.1, 0.15) is 23.6 Å². The first-order valence-electron chi connectivity index (χ1n) is 11.4. The van der Waals surface area contributed by atoms with Crippen molar-refractivity contribution in [3.05, 3.63) is 93.0 Å². The molecule has 0 atom stereocenters. The van der Waals surface area contributed by atoms with Crippen LogP contribution in [0.15, 0.2) is 66.2 Å². The number of benzene rings is 3. The summed E-state index contributed by atoms with van der Waals surface area (Å²) in [5.74, 6) is -1.46. The standard InChI is InChI=1S/C27H19Cl2F3N2O5/c1-2-38-23-12-16(5-10-22(23)39-14-15-3-7-18(28)8-4-15)11-19-24(35)33-26(37)34(25(19)36)21-13-17(27(30,31)32)6-9-20(21)29/h3-13H,2,14H2,1H3,(H,33,35,37)/b19-11+. The van der Waals surface area contributed by atoms with Crippen LogP contribution in [0, 0.1) is 0 Å². The van der Waals surface area contributed by atoms with E-state index in [-0.39, 0.29) is 18.2 Å². The Morgan fingerprint density at radius 3 is 2.31 bits per heavy atom. The van der Waals surface area contributed by atoms with Gasteiger partial charge in [0.15, 0.2) is 11.5 Å². The third-order valence-electron chi connectivity index (χ3n) is 5.50. The molecule has 4 amide bonds. The van der Waals surface area contributed by atoms with Crippen LogP contribution in [0.2, 0.25) is 10.0 Å². The fraction of sp³-hybridized carbons (Fsp3) is 0.148. The van der Waals surface area contributed by atoms with E-state index in [4.69, 9.17) is 32.7 Å². The number of nitrogens with zero attached hydrogens (tertiary/aromatic N) is 1. The van der Waals surface area contributed by atoms with Crippen LogP contribution in [0.3, 0.4) is 0 Å². The fourth-order valence-electron chi connectivity index (χ4n) is 3.65. The monoisotopic (exact) mass is 578 g/mol. The number of halogens is 5. The van der Waals surface area contributed by atoms with Crippen molar-refractivity contribution in [2.75, 3.05) is 11.5 Å². The van der Waals surface area contributed by atoms with Crippen molar-refractivity contribution in [3.8, 4) is 11.5 Å². The average Bonchev–Trinajstić information content (AvgIpc) is 2.87. The summed E-state index contributed by atoms with van der Waals surface area (Å²) in [6, 6.07) is 12.7. The zero-order valence-electron chi connectivity index (χ0n) is 20.1. The third kappa shape index (κ3) is 6.35. The predicted octanol–water partition coefficient (Wildman–Crippen LogP) is 6.66. The van der Waals surface area contributed by atoms with Gasteiger partial charge in [-0.1, -0.05) is 41.4 Å². The van der Waals surface area contributed by atoms with Crippen LogP contribution in [0.5, 0.6) is 11.5 Å². The molecule has 0 aliphatic carbocycles. The number of carbonyl (C=O) groups is 3.